The lowest BCUT2D eigenvalue weighted by molar-refractivity contribution is -0.132. The molecule has 0 unspecified atom stereocenters. The summed E-state index contributed by atoms with van der Waals surface area (Å²) in [6.07, 6.45) is 4.71. The molecule has 0 fully saturated rings. The fourth-order valence-electron chi connectivity index (χ4n) is 2.35. The van der Waals surface area contributed by atoms with Gasteiger partial charge in [-0.3, -0.25) is 9.59 Å². The molecule has 0 radical (unpaired) electrons. The second-order valence-corrected chi connectivity index (χ2v) is 5.39. The van der Waals surface area contributed by atoms with E-state index in [1.54, 1.807) is 53.8 Å². The van der Waals surface area contributed by atoms with Gasteiger partial charge in [0.1, 0.15) is 11.5 Å². The summed E-state index contributed by atoms with van der Waals surface area (Å²) in [5.41, 5.74) is 0. The summed E-state index contributed by atoms with van der Waals surface area (Å²) in [5, 5.41) is 2.66. The van der Waals surface area contributed by atoms with Crippen molar-refractivity contribution >= 4 is 11.8 Å². The fourth-order valence-corrected chi connectivity index (χ4v) is 2.35. The highest BCUT2D eigenvalue weighted by atomic mass is 16.3. The van der Waals surface area contributed by atoms with Crippen molar-refractivity contribution in [3.63, 3.8) is 0 Å². The summed E-state index contributed by atoms with van der Waals surface area (Å²) in [4.78, 5) is 26.0. The van der Waals surface area contributed by atoms with Gasteiger partial charge in [0.05, 0.1) is 31.9 Å². The number of hydrogen-bond acceptors (Lipinski definition) is 5. The molecule has 0 spiro atoms. The average Bonchev–Trinajstić information content (AvgIpc) is 3.37. The Kier molecular flexibility index (Phi) is 5.36. The van der Waals surface area contributed by atoms with Gasteiger partial charge >= 0.3 is 0 Å². The Bertz CT molecular complexity index is 739. The SMILES string of the molecule is O=C(NCCC(=O)N(Cc1ccco1)Cc1ccco1)c1ccco1. The third-order valence-electron chi connectivity index (χ3n) is 3.58. The number of carbonyl (C=O) groups is 2. The number of amides is 2. The summed E-state index contributed by atoms with van der Waals surface area (Å²) in [5.74, 6) is 1.11. The van der Waals surface area contributed by atoms with Crippen LogP contribution in [0.2, 0.25) is 0 Å². The Hall–Kier alpha value is -3.22. The van der Waals surface area contributed by atoms with Crippen molar-refractivity contribution in [2.75, 3.05) is 6.54 Å². The molecule has 0 saturated heterocycles. The number of hydrogen-bond donors (Lipinski definition) is 1. The molecular formula is C18H18N2O5. The van der Waals surface area contributed by atoms with Crippen molar-refractivity contribution in [3.05, 3.63) is 72.5 Å². The standard InChI is InChI=1S/C18H18N2O5/c21-17(7-8-19-18(22)16-6-3-11-25-16)20(12-14-4-1-9-23-14)13-15-5-2-10-24-15/h1-6,9-11H,7-8,12-13H2,(H,19,22). The minimum atomic E-state index is -0.346. The number of nitrogens with zero attached hydrogens (tertiary/aromatic N) is 1. The molecule has 0 atom stereocenters. The Labute approximate surface area is 144 Å². The lowest BCUT2D eigenvalue weighted by Gasteiger charge is -2.20. The van der Waals surface area contributed by atoms with Crippen LogP contribution in [0.3, 0.4) is 0 Å². The molecule has 130 valence electrons. The van der Waals surface area contributed by atoms with Crippen LogP contribution in [-0.4, -0.2) is 23.3 Å². The first kappa shape index (κ1) is 16.6. The summed E-state index contributed by atoms with van der Waals surface area (Å²) in [7, 11) is 0. The van der Waals surface area contributed by atoms with Crippen LogP contribution < -0.4 is 5.32 Å². The smallest absolute Gasteiger partial charge is 0.286 e. The third kappa shape index (κ3) is 4.63. The van der Waals surface area contributed by atoms with Crippen molar-refractivity contribution in [1.29, 1.82) is 0 Å². The van der Waals surface area contributed by atoms with Gasteiger partial charge in [-0.1, -0.05) is 0 Å². The highest BCUT2D eigenvalue weighted by Crippen LogP contribution is 2.12. The average molecular weight is 342 g/mol. The Balaban J connectivity index is 1.55. The highest BCUT2D eigenvalue weighted by Gasteiger charge is 2.17. The lowest BCUT2D eigenvalue weighted by Crippen LogP contribution is -2.33. The first-order valence-electron chi connectivity index (χ1n) is 7.86. The van der Waals surface area contributed by atoms with Gasteiger partial charge in [-0.2, -0.15) is 0 Å². The van der Waals surface area contributed by atoms with Crippen LogP contribution in [0.15, 0.2) is 68.4 Å². The van der Waals surface area contributed by atoms with Crippen LogP contribution >= 0.6 is 0 Å². The van der Waals surface area contributed by atoms with Crippen LogP contribution in [0.5, 0.6) is 0 Å². The normalized spacial score (nSPS) is 10.6. The van der Waals surface area contributed by atoms with Gasteiger partial charge in [-0.25, -0.2) is 0 Å². The van der Waals surface area contributed by atoms with Gasteiger partial charge in [0, 0.05) is 13.0 Å². The maximum Gasteiger partial charge on any atom is 0.286 e. The number of nitrogens with one attached hydrogen (secondary N) is 1. The summed E-state index contributed by atoms with van der Waals surface area (Å²) in [6.45, 7) is 0.877. The second kappa shape index (κ2) is 8.05. The van der Waals surface area contributed by atoms with Gasteiger partial charge in [-0.15, -0.1) is 0 Å². The number of furan rings is 3. The van der Waals surface area contributed by atoms with Crippen molar-refractivity contribution in [3.8, 4) is 0 Å². The van der Waals surface area contributed by atoms with Gasteiger partial charge < -0.3 is 23.5 Å². The molecule has 0 aliphatic carbocycles. The maximum absolute atomic E-state index is 12.5. The lowest BCUT2D eigenvalue weighted by atomic mass is 10.3. The zero-order chi connectivity index (χ0) is 17.5. The molecule has 0 aromatic carbocycles. The number of carbonyl (C=O) groups excluding carboxylic acids is 2. The van der Waals surface area contributed by atoms with E-state index in [1.165, 1.54) is 6.26 Å². The van der Waals surface area contributed by atoms with Crippen molar-refractivity contribution in [2.24, 2.45) is 0 Å². The minimum Gasteiger partial charge on any atom is -0.467 e. The van der Waals surface area contributed by atoms with E-state index in [9.17, 15) is 9.59 Å². The van der Waals surface area contributed by atoms with E-state index in [0.29, 0.717) is 24.6 Å². The molecule has 25 heavy (non-hydrogen) atoms. The van der Waals surface area contributed by atoms with Crippen LogP contribution in [-0.2, 0) is 17.9 Å². The van der Waals surface area contributed by atoms with Crippen LogP contribution in [0.4, 0.5) is 0 Å². The summed E-state index contributed by atoms with van der Waals surface area (Å²) >= 11 is 0. The molecule has 0 saturated carbocycles. The topological polar surface area (TPSA) is 88.8 Å². The first-order chi connectivity index (χ1) is 12.2. The molecule has 0 bridgehead atoms. The van der Waals surface area contributed by atoms with E-state index < -0.39 is 0 Å². The molecule has 3 rings (SSSR count). The second-order valence-electron chi connectivity index (χ2n) is 5.39. The fraction of sp³-hybridized carbons (Fsp3) is 0.222. The van der Waals surface area contributed by atoms with Gasteiger partial charge in [0.2, 0.25) is 5.91 Å². The van der Waals surface area contributed by atoms with Gasteiger partial charge in [0.25, 0.3) is 5.91 Å². The predicted octanol–water partition coefficient (Wildman–Crippen LogP) is 2.81. The van der Waals surface area contributed by atoms with Gasteiger partial charge in [-0.05, 0) is 36.4 Å². The molecule has 3 aromatic heterocycles. The molecule has 0 aliphatic heterocycles. The maximum atomic E-state index is 12.5. The van der Waals surface area contributed by atoms with E-state index in [1.807, 2.05) is 0 Å². The molecule has 0 aliphatic rings. The van der Waals surface area contributed by atoms with E-state index in [0.717, 1.165) is 0 Å². The molecular weight excluding hydrogens is 324 g/mol. The Morgan fingerprint density at radius 2 is 1.48 bits per heavy atom. The molecule has 1 N–H and O–H groups in total. The first-order valence-corrected chi connectivity index (χ1v) is 7.86. The van der Waals surface area contributed by atoms with Crippen LogP contribution in [0.1, 0.15) is 28.5 Å². The zero-order valence-electron chi connectivity index (χ0n) is 13.5. The minimum absolute atomic E-state index is 0.118. The van der Waals surface area contributed by atoms with E-state index in [4.69, 9.17) is 13.3 Å². The Morgan fingerprint density at radius 1 is 0.880 bits per heavy atom. The van der Waals surface area contributed by atoms with Crippen LogP contribution in [0, 0.1) is 0 Å². The van der Waals surface area contributed by atoms with Crippen molar-refractivity contribution in [2.45, 2.75) is 19.5 Å². The number of rotatable bonds is 8. The molecule has 3 aromatic rings. The monoisotopic (exact) mass is 342 g/mol. The van der Waals surface area contributed by atoms with Gasteiger partial charge in [0.15, 0.2) is 5.76 Å². The van der Waals surface area contributed by atoms with Crippen molar-refractivity contribution < 1.29 is 22.8 Å². The van der Waals surface area contributed by atoms with E-state index in [2.05, 4.69) is 5.32 Å². The predicted molar refractivity (Wildman–Crippen MR) is 87.3 cm³/mol. The molecule has 2 amide bonds. The van der Waals surface area contributed by atoms with Crippen LogP contribution in [0.25, 0.3) is 0 Å². The summed E-state index contributed by atoms with van der Waals surface area (Å²) < 4.78 is 15.6. The molecule has 7 heteroatoms. The van der Waals surface area contributed by atoms with E-state index in [-0.39, 0.29) is 30.5 Å². The zero-order valence-corrected chi connectivity index (χ0v) is 13.5. The summed E-state index contributed by atoms with van der Waals surface area (Å²) in [6, 6.07) is 10.4. The van der Waals surface area contributed by atoms with E-state index >= 15 is 0 Å². The molecule has 7 nitrogen and oxygen atoms in total. The van der Waals surface area contributed by atoms with Crippen molar-refractivity contribution in [1.82, 2.24) is 10.2 Å². The Morgan fingerprint density at radius 3 is 2.00 bits per heavy atom. The largest absolute Gasteiger partial charge is 0.467 e. The highest BCUT2D eigenvalue weighted by molar-refractivity contribution is 5.91. The molecule has 3 heterocycles. The third-order valence-corrected chi connectivity index (χ3v) is 3.58. The quantitative estimate of drug-likeness (QED) is 0.680.